The third kappa shape index (κ3) is 4.05. The summed E-state index contributed by atoms with van der Waals surface area (Å²) in [5.74, 6) is 2.14. The van der Waals surface area contributed by atoms with Gasteiger partial charge in [0.05, 0.1) is 19.4 Å². The topological polar surface area (TPSA) is 117 Å². The molecule has 0 saturated carbocycles. The molecule has 0 aliphatic rings. The van der Waals surface area contributed by atoms with Crippen molar-refractivity contribution in [2.24, 2.45) is 0 Å². The van der Waals surface area contributed by atoms with Gasteiger partial charge in [-0.2, -0.15) is 4.98 Å². The highest BCUT2D eigenvalue weighted by molar-refractivity contribution is 5.53. The summed E-state index contributed by atoms with van der Waals surface area (Å²) in [6.45, 7) is 5.83. The van der Waals surface area contributed by atoms with Crippen molar-refractivity contribution < 1.29 is 14.6 Å². The number of ether oxygens (including phenoxy) is 2. The van der Waals surface area contributed by atoms with Crippen LogP contribution in [0.2, 0.25) is 0 Å². The van der Waals surface area contributed by atoms with Crippen molar-refractivity contribution in [1.82, 2.24) is 9.97 Å². The molecule has 0 aliphatic heterocycles. The lowest BCUT2D eigenvalue weighted by atomic mass is 9.97. The predicted molar refractivity (Wildman–Crippen MR) is 93.4 cm³/mol. The summed E-state index contributed by atoms with van der Waals surface area (Å²) in [5.41, 5.74) is 13.2. The van der Waals surface area contributed by atoms with Crippen molar-refractivity contribution in [2.45, 2.75) is 39.2 Å². The molecule has 1 aromatic heterocycles. The number of hydrogen-bond donors (Lipinski definition) is 3. The molecule has 0 saturated heterocycles. The molecule has 1 atom stereocenters. The molecule has 0 spiro atoms. The number of anilines is 2. The lowest BCUT2D eigenvalue weighted by Gasteiger charge is -2.19. The third-order valence-corrected chi connectivity index (χ3v) is 3.57. The molecule has 130 valence electrons. The molecular formula is C17H24N4O3. The number of nitrogens with two attached hydrogens (primary N) is 2. The zero-order valence-electron chi connectivity index (χ0n) is 14.4. The van der Waals surface area contributed by atoms with Gasteiger partial charge in [0.2, 0.25) is 5.95 Å². The van der Waals surface area contributed by atoms with Gasteiger partial charge >= 0.3 is 0 Å². The Morgan fingerprint density at radius 3 is 2.38 bits per heavy atom. The Bertz CT molecular complexity index is 717. The average Bonchev–Trinajstić information content (AvgIpc) is 2.49. The van der Waals surface area contributed by atoms with Crippen molar-refractivity contribution in [3.63, 3.8) is 0 Å². The van der Waals surface area contributed by atoms with Gasteiger partial charge in [0.1, 0.15) is 11.5 Å². The number of nitrogen functional groups attached to an aromatic ring is 2. The number of hydrogen-bond acceptors (Lipinski definition) is 7. The van der Waals surface area contributed by atoms with E-state index in [0.29, 0.717) is 23.7 Å². The van der Waals surface area contributed by atoms with Crippen LogP contribution in [-0.2, 0) is 6.42 Å². The number of nitrogens with zero attached hydrogens (tertiary/aromatic N) is 2. The fourth-order valence-corrected chi connectivity index (χ4v) is 2.42. The number of rotatable bonds is 6. The van der Waals surface area contributed by atoms with Crippen molar-refractivity contribution in [3.8, 4) is 17.2 Å². The van der Waals surface area contributed by atoms with E-state index in [0.717, 1.165) is 11.1 Å². The number of aromatic nitrogens is 2. The zero-order chi connectivity index (χ0) is 17.9. The van der Waals surface area contributed by atoms with E-state index in [1.54, 1.807) is 14.0 Å². The quantitative estimate of drug-likeness (QED) is 0.744. The maximum Gasteiger partial charge on any atom is 0.222 e. The predicted octanol–water partition coefficient (Wildman–Crippen LogP) is 2.49. The van der Waals surface area contributed by atoms with E-state index in [1.165, 1.54) is 6.20 Å². The van der Waals surface area contributed by atoms with Crippen LogP contribution in [-0.4, -0.2) is 28.3 Å². The van der Waals surface area contributed by atoms with Crippen molar-refractivity contribution in [3.05, 3.63) is 29.5 Å². The van der Waals surface area contributed by atoms with E-state index in [9.17, 15) is 5.11 Å². The summed E-state index contributed by atoms with van der Waals surface area (Å²) in [6.07, 6.45) is 1.40. The minimum absolute atomic E-state index is 0.0912. The summed E-state index contributed by atoms with van der Waals surface area (Å²) < 4.78 is 11.4. The fourth-order valence-electron chi connectivity index (χ4n) is 2.42. The van der Waals surface area contributed by atoms with Crippen LogP contribution in [0.5, 0.6) is 17.2 Å². The lowest BCUT2D eigenvalue weighted by Crippen LogP contribution is -2.08. The first-order valence-electron chi connectivity index (χ1n) is 7.76. The van der Waals surface area contributed by atoms with Gasteiger partial charge in [0.25, 0.3) is 0 Å². The van der Waals surface area contributed by atoms with Crippen LogP contribution in [0, 0.1) is 0 Å². The van der Waals surface area contributed by atoms with E-state index < -0.39 is 6.10 Å². The highest BCUT2D eigenvalue weighted by Crippen LogP contribution is 2.37. The van der Waals surface area contributed by atoms with Crippen LogP contribution in [0.15, 0.2) is 18.3 Å². The molecule has 1 heterocycles. The lowest BCUT2D eigenvalue weighted by molar-refractivity contribution is 0.194. The van der Waals surface area contributed by atoms with Gasteiger partial charge < -0.3 is 26.0 Å². The standard InChI is InChI=1S/C17H24N4O3/c1-9(2)12-7-13(23-4)11(5-10(3)22)6-14(12)24-15-8-20-17(19)21-16(15)18/h6-10,22H,5H2,1-4H3,(H4,18,19,20,21). The van der Waals surface area contributed by atoms with Crippen LogP contribution in [0.4, 0.5) is 11.8 Å². The molecule has 2 aromatic rings. The Labute approximate surface area is 141 Å². The highest BCUT2D eigenvalue weighted by atomic mass is 16.5. The summed E-state index contributed by atoms with van der Waals surface area (Å²) in [7, 11) is 1.61. The molecule has 1 aromatic carbocycles. The fraction of sp³-hybridized carbons (Fsp3) is 0.412. The van der Waals surface area contributed by atoms with Gasteiger partial charge in [0.15, 0.2) is 11.6 Å². The van der Waals surface area contributed by atoms with Gasteiger partial charge in [-0.1, -0.05) is 13.8 Å². The number of methoxy groups -OCH3 is 1. The first kappa shape index (κ1) is 17.8. The minimum atomic E-state index is -0.499. The highest BCUT2D eigenvalue weighted by Gasteiger charge is 2.17. The summed E-state index contributed by atoms with van der Waals surface area (Å²) in [4.78, 5) is 7.82. The van der Waals surface area contributed by atoms with Gasteiger partial charge in [-0.15, -0.1) is 0 Å². The molecule has 24 heavy (non-hydrogen) atoms. The first-order chi connectivity index (χ1) is 11.3. The average molecular weight is 332 g/mol. The Kier molecular flexibility index (Phi) is 5.46. The first-order valence-corrected chi connectivity index (χ1v) is 7.76. The van der Waals surface area contributed by atoms with Crippen LogP contribution in [0.25, 0.3) is 0 Å². The molecule has 0 bridgehead atoms. The number of aliphatic hydroxyl groups is 1. The Balaban J connectivity index is 2.49. The third-order valence-electron chi connectivity index (χ3n) is 3.57. The minimum Gasteiger partial charge on any atom is -0.496 e. The zero-order valence-corrected chi connectivity index (χ0v) is 14.4. The molecule has 7 nitrogen and oxygen atoms in total. The molecule has 0 amide bonds. The normalized spacial score (nSPS) is 12.2. The Morgan fingerprint density at radius 2 is 1.83 bits per heavy atom. The van der Waals surface area contributed by atoms with E-state index in [-0.39, 0.29) is 17.7 Å². The van der Waals surface area contributed by atoms with Gasteiger partial charge in [-0.3, -0.25) is 0 Å². The Morgan fingerprint density at radius 1 is 1.12 bits per heavy atom. The summed E-state index contributed by atoms with van der Waals surface area (Å²) in [5, 5.41) is 9.71. The van der Waals surface area contributed by atoms with Gasteiger partial charge in [-0.05, 0) is 25.0 Å². The number of benzene rings is 1. The molecule has 1 unspecified atom stereocenters. The second kappa shape index (κ2) is 7.35. The van der Waals surface area contributed by atoms with Crippen LogP contribution in [0.1, 0.15) is 37.8 Å². The number of aliphatic hydroxyl groups excluding tert-OH is 1. The van der Waals surface area contributed by atoms with Crippen molar-refractivity contribution in [1.29, 1.82) is 0 Å². The largest absolute Gasteiger partial charge is 0.496 e. The molecule has 0 aliphatic carbocycles. The van der Waals surface area contributed by atoms with Gasteiger partial charge in [0, 0.05) is 17.5 Å². The van der Waals surface area contributed by atoms with Crippen LogP contribution >= 0.6 is 0 Å². The van der Waals surface area contributed by atoms with Crippen LogP contribution in [0.3, 0.4) is 0 Å². The molecule has 7 heteroatoms. The van der Waals surface area contributed by atoms with E-state index in [2.05, 4.69) is 23.8 Å². The smallest absolute Gasteiger partial charge is 0.222 e. The second-order valence-electron chi connectivity index (χ2n) is 5.99. The second-order valence-corrected chi connectivity index (χ2v) is 5.99. The molecule has 0 fully saturated rings. The molecule has 0 radical (unpaired) electrons. The molecular weight excluding hydrogens is 308 g/mol. The maximum atomic E-state index is 9.71. The van der Waals surface area contributed by atoms with Crippen molar-refractivity contribution in [2.75, 3.05) is 18.6 Å². The maximum absolute atomic E-state index is 9.71. The van der Waals surface area contributed by atoms with Gasteiger partial charge in [-0.25, -0.2) is 4.98 Å². The molecule has 2 rings (SSSR count). The van der Waals surface area contributed by atoms with Crippen molar-refractivity contribution >= 4 is 11.8 Å². The monoisotopic (exact) mass is 332 g/mol. The molecule has 5 N–H and O–H groups in total. The van der Waals surface area contributed by atoms with E-state index >= 15 is 0 Å². The summed E-state index contributed by atoms with van der Waals surface area (Å²) in [6, 6.07) is 3.78. The Hall–Kier alpha value is -2.54. The summed E-state index contributed by atoms with van der Waals surface area (Å²) >= 11 is 0. The SMILES string of the molecule is COc1cc(C(C)C)c(Oc2cnc(N)nc2N)cc1CC(C)O. The van der Waals surface area contributed by atoms with E-state index in [4.69, 9.17) is 20.9 Å². The van der Waals surface area contributed by atoms with Crippen LogP contribution < -0.4 is 20.9 Å². The van der Waals surface area contributed by atoms with E-state index in [1.807, 2.05) is 12.1 Å².